The van der Waals surface area contributed by atoms with E-state index in [9.17, 15) is 4.79 Å². The van der Waals surface area contributed by atoms with Gasteiger partial charge in [0.1, 0.15) is 11.5 Å². The van der Waals surface area contributed by atoms with E-state index >= 15 is 0 Å². The fourth-order valence-corrected chi connectivity index (χ4v) is 4.74. The summed E-state index contributed by atoms with van der Waals surface area (Å²) in [5.41, 5.74) is 5.88. The van der Waals surface area contributed by atoms with E-state index in [4.69, 9.17) is 18.9 Å². The van der Waals surface area contributed by atoms with E-state index < -0.39 is 0 Å². The zero-order valence-electron chi connectivity index (χ0n) is 23.0. The zero-order chi connectivity index (χ0) is 27.6. The summed E-state index contributed by atoms with van der Waals surface area (Å²) in [6, 6.07) is 14.1. The number of nitrogens with zero attached hydrogens (tertiary/aromatic N) is 1. The Balaban J connectivity index is 1.55. The minimum atomic E-state index is -0.156. The molecule has 0 N–H and O–H groups in total. The molecule has 1 aromatic heterocycles. The van der Waals surface area contributed by atoms with Crippen molar-refractivity contribution in [1.82, 2.24) is 4.98 Å². The van der Waals surface area contributed by atoms with Crippen LogP contribution in [0.1, 0.15) is 72.2 Å². The number of fused-ring (bicyclic) bond motifs is 1. The topological polar surface area (TPSA) is 61.6 Å². The quantitative estimate of drug-likeness (QED) is 0.161. The van der Waals surface area contributed by atoms with Gasteiger partial charge in [0.2, 0.25) is 5.89 Å². The van der Waals surface area contributed by atoms with Gasteiger partial charge in [0.15, 0.2) is 0 Å². The van der Waals surface area contributed by atoms with Gasteiger partial charge in [-0.1, -0.05) is 54.8 Å². The molecule has 0 amide bonds. The van der Waals surface area contributed by atoms with Crippen LogP contribution in [0.25, 0.3) is 5.57 Å². The van der Waals surface area contributed by atoms with Gasteiger partial charge in [-0.2, -0.15) is 0 Å². The summed E-state index contributed by atoms with van der Waals surface area (Å²) >= 11 is 0. The second-order valence-electron chi connectivity index (χ2n) is 9.37. The van der Waals surface area contributed by atoms with Gasteiger partial charge < -0.3 is 13.9 Å². The predicted molar refractivity (Wildman–Crippen MR) is 155 cm³/mol. The Bertz CT molecular complexity index is 1430. The molecule has 5 nitrogen and oxygen atoms in total. The Morgan fingerprint density at radius 1 is 1.23 bits per heavy atom. The second kappa shape index (κ2) is 13.5. The van der Waals surface area contributed by atoms with Crippen LogP contribution in [0.4, 0.5) is 0 Å². The molecule has 0 bridgehead atoms. The van der Waals surface area contributed by atoms with Crippen LogP contribution < -0.4 is 4.74 Å². The molecule has 0 spiro atoms. The van der Waals surface area contributed by atoms with Crippen LogP contribution in [-0.2, 0) is 22.4 Å². The summed E-state index contributed by atoms with van der Waals surface area (Å²) in [5.74, 6) is 8.66. The van der Waals surface area contributed by atoms with Crippen LogP contribution in [0.3, 0.4) is 0 Å². The largest absolute Gasteiger partial charge is 0.492 e. The number of esters is 1. The van der Waals surface area contributed by atoms with Crippen LogP contribution in [0.15, 0.2) is 77.8 Å². The van der Waals surface area contributed by atoms with Crippen molar-refractivity contribution in [2.24, 2.45) is 0 Å². The maximum absolute atomic E-state index is 12.2. The van der Waals surface area contributed by atoms with Crippen molar-refractivity contribution in [2.75, 3.05) is 13.2 Å². The number of aromatic nitrogens is 1. The minimum absolute atomic E-state index is 0.137. The lowest BCUT2D eigenvalue weighted by atomic mass is 9.95. The Morgan fingerprint density at radius 3 is 2.79 bits per heavy atom. The average molecular weight is 522 g/mol. The second-order valence-corrected chi connectivity index (χ2v) is 9.37. The monoisotopic (exact) mass is 521 g/mol. The van der Waals surface area contributed by atoms with Gasteiger partial charge in [0.05, 0.1) is 30.9 Å². The van der Waals surface area contributed by atoms with Crippen molar-refractivity contribution in [3.63, 3.8) is 0 Å². The fraction of sp³-hybridized carbons (Fsp3) is 0.294. The zero-order valence-corrected chi connectivity index (χ0v) is 23.0. The first kappa shape index (κ1) is 27.7. The third-order valence-electron chi connectivity index (χ3n) is 6.74. The lowest BCUT2D eigenvalue weighted by molar-refractivity contribution is -0.143. The number of carbonyl (C=O) groups excluding carboxylic acids is 1. The molecule has 0 fully saturated rings. The predicted octanol–water partition coefficient (Wildman–Crippen LogP) is 7.13. The van der Waals surface area contributed by atoms with E-state index in [1.165, 1.54) is 5.56 Å². The van der Waals surface area contributed by atoms with Crippen LogP contribution in [0.5, 0.6) is 5.75 Å². The van der Waals surface area contributed by atoms with Crippen LogP contribution >= 0.6 is 0 Å². The average Bonchev–Trinajstić information content (AvgIpc) is 3.50. The van der Waals surface area contributed by atoms with Gasteiger partial charge >= 0.3 is 5.97 Å². The van der Waals surface area contributed by atoms with Crippen LogP contribution in [-0.4, -0.2) is 24.2 Å². The van der Waals surface area contributed by atoms with Crippen molar-refractivity contribution < 1.29 is 18.7 Å². The third kappa shape index (κ3) is 7.18. The Morgan fingerprint density at radius 2 is 2.05 bits per heavy atom. The van der Waals surface area contributed by atoms with E-state index in [2.05, 4.69) is 30.6 Å². The maximum Gasteiger partial charge on any atom is 0.306 e. The number of rotatable bonds is 10. The molecule has 1 aliphatic rings. The summed E-state index contributed by atoms with van der Waals surface area (Å²) in [6.07, 6.45) is 10.3. The summed E-state index contributed by atoms with van der Waals surface area (Å²) < 4.78 is 17.4. The summed E-state index contributed by atoms with van der Waals surface area (Å²) in [6.45, 7) is 10.3. The lowest BCUT2D eigenvalue weighted by Gasteiger charge is -2.14. The van der Waals surface area contributed by atoms with Gasteiger partial charge in [-0.25, -0.2) is 4.98 Å². The molecular weight excluding hydrogens is 486 g/mol. The number of hydrogen-bond donors (Lipinski definition) is 0. The normalized spacial score (nSPS) is 14.5. The molecule has 1 heterocycles. The highest BCUT2D eigenvalue weighted by Crippen LogP contribution is 2.39. The summed E-state index contributed by atoms with van der Waals surface area (Å²) in [5, 5.41) is 0. The lowest BCUT2D eigenvalue weighted by Crippen LogP contribution is -2.09. The highest BCUT2D eigenvalue weighted by Gasteiger charge is 2.27. The Hall–Kier alpha value is -4.30. The standard InChI is InChI=1S/C34H35NO4/c1-5-8-14-26(6-2)34-35-31(24(4)39-34)19-20-38-32-22-27-17-18-28(23-33(36)37-7-3)30(27)21-29(32)16-15-25-12-10-9-11-13-25/h5-6,8-14,21-22,28H,1,7,17-20,23H2,2-4H3/b14-8-,26-6+/t28-/m0/s1. The van der Waals surface area contributed by atoms with Gasteiger partial charge in [0.25, 0.3) is 0 Å². The van der Waals surface area contributed by atoms with Crippen LogP contribution in [0, 0.1) is 18.8 Å². The molecule has 0 aliphatic heterocycles. The minimum Gasteiger partial charge on any atom is -0.492 e. The Kier molecular flexibility index (Phi) is 9.58. The molecule has 39 heavy (non-hydrogen) atoms. The first-order chi connectivity index (χ1) is 19.0. The Labute approximate surface area is 231 Å². The van der Waals surface area contributed by atoms with E-state index in [-0.39, 0.29) is 11.9 Å². The highest BCUT2D eigenvalue weighted by atomic mass is 16.5. The van der Waals surface area contributed by atoms with E-state index in [0.29, 0.717) is 31.9 Å². The van der Waals surface area contributed by atoms with E-state index in [0.717, 1.165) is 52.3 Å². The van der Waals surface area contributed by atoms with Gasteiger partial charge in [-0.15, -0.1) is 0 Å². The number of oxazole rings is 1. The molecule has 0 unspecified atom stereocenters. The van der Waals surface area contributed by atoms with E-state index in [1.54, 1.807) is 6.08 Å². The summed E-state index contributed by atoms with van der Waals surface area (Å²) in [4.78, 5) is 16.9. The third-order valence-corrected chi connectivity index (χ3v) is 6.74. The smallest absolute Gasteiger partial charge is 0.306 e. The maximum atomic E-state index is 12.2. The molecule has 4 rings (SSSR count). The highest BCUT2D eigenvalue weighted by molar-refractivity contribution is 5.71. The number of aryl methyl sites for hydroxylation is 2. The van der Waals surface area contributed by atoms with Crippen molar-refractivity contribution in [3.05, 3.63) is 113 Å². The molecule has 0 saturated heterocycles. The number of carbonyl (C=O) groups is 1. The van der Waals surface area contributed by atoms with Crippen molar-refractivity contribution >= 4 is 11.5 Å². The van der Waals surface area contributed by atoms with Crippen molar-refractivity contribution in [2.45, 2.75) is 52.4 Å². The van der Waals surface area contributed by atoms with Crippen LogP contribution in [0.2, 0.25) is 0 Å². The van der Waals surface area contributed by atoms with Gasteiger partial charge in [-0.3, -0.25) is 4.79 Å². The molecule has 0 radical (unpaired) electrons. The molecule has 1 aliphatic carbocycles. The number of allylic oxidation sites excluding steroid dienone is 5. The fourth-order valence-electron chi connectivity index (χ4n) is 4.74. The summed E-state index contributed by atoms with van der Waals surface area (Å²) in [7, 11) is 0. The van der Waals surface area contributed by atoms with Crippen molar-refractivity contribution in [3.8, 4) is 17.6 Å². The molecular formula is C34H35NO4. The first-order valence-corrected chi connectivity index (χ1v) is 13.5. The van der Waals surface area contributed by atoms with Gasteiger partial charge in [-0.05, 0) is 81.0 Å². The molecule has 3 aromatic rings. The number of ether oxygens (including phenoxy) is 2. The van der Waals surface area contributed by atoms with Gasteiger partial charge in [0, 0.05) is 17.6 Å². The molecule has 5 heteroatoms. The SMILES string of the molecule is C=C/C=C\C(=C/C)c1nc(CCOc2cc3c(cc2C#Cc2ccccc2)[C@H](CC(=O)OCC)CC3)c(C)o1. The number of benzene rings is 2. The van der Waals surface area contributed by atoms with E-state index in [1.807, 2.05) is 69.3 Å². The molecule has 0 saturated carbocycles. The molecule has 1 atom stereocenters. The molecule has 200 valence electrons. The number of hydrogen-bond acceptors (Lipinski definition) is 5. The molecule has 2 aromatic carbocycles. The van der Waals surface area contributed by atoms with Crippen molar-refractivity contribution in [1.29, 1.82) is 0 Å². The first-order valence-electron chi connectivity index (χ1n) is 13.5.